The predicted molar refractivity (Wildman–Crippen MR) is 120 cm³/mol. The van der Waals surface area contributed by atoms with Gasteiger partial charge in [-0.1, -0.05) is 31.9 Å². The van der Waals surface area contributed by atoms with Gasteiger partial charge < -0.3 is 20.3 Å². The van der Waals surface area contributed by atoms with Crippen LogP contribution in [0.2, 0.25) is 0 Å². The van der Waals surface area contributed by atoms with Gasteiger partial charge in [-0.2, -0.15) is 0 Å². The Morgan fingerprint density at radius 1 is 1.31 bits per heavy atom. The summed E-state index contributed by atoms with van der Waals surface area (Å²) in [7, 11) is 3.60. The third-order valence-corrected chi connectivity index (χ3v) is 5.67. The number of rotatable bonds is 5. The third-order valence-electron chi connectivity index (χ3n) is 5.67. The van der Waals surface area contributed by atoms with Gasteiger partial charge in [-0.3, -0.25) is 4.99 Å². The molecule has 0 bridgehead atoms. The maximum atomic E-state index is 5.50. The molecule has 1 saturated heterocycles. The molecule has 146 valence electrons. The van der Waals surface area contributed by atoms with Crippen molar-refractivity contribution in [2.45, 2.75) is 45.1 Å². The van der Waals surface area contributed by atoms with Crippen molar-refractivity contribution < 1.29 is 4.74 Å². The van der Waals surface area contributed by atoms with E-state index in [0.29, 0.717) is 11.5 Å². The lowest BCUT2D eigenvalue weighted by atomic mass is 9.89. The van der Waals surface area contributed by atoms with Gasteiger partial charge in [-0.05, 0) is 36.8 Å². The Balaban J connectivity index is 0.00000243. The van der Waals surface area contributed by atoms with Gasteiger partial charge in [-0.25, -0.2) is 0 Å². The number of methoxy groups -OCH3 is 1. The Morgan fingerprint density at radius 3 is 2.73 bits per heavy atom. The molecule has 1 heterocycles. The number of anilines is 1. The van der Waals surface area contributed by atoms with E-state index in [4.69, 9.17) is 4.74 Å². The van der Waals surface area contributed by atoms with E-state index < -0.39 is 0 Å². The number of nitrogens with zero attached hydrogens (tertiary/aromatic N) is 2. The van der Waals surface area contributed by atoms with Crippen molar-refractivity contribution in [3.05, 3.63) is 24.3 Å². The number of ether oxygens (including phenoxy) is 1. The fourth-order valence-electron chi connectivity index (χ4n) is 4.08. The quantitative estimate of drug-likeness (QED) is 0.391. The number of benzene rings is 1. The molecule has 26 heavy (non-hydrogen) atoms. The van der Waals surface area contributed by atoms with Crippen molar-refractivity contribution in [2.75, 3.05) is 38.7 Å². The van der Waals surface area contributed by atoms with E-state index in [2.05, 4.69) is 39.6 Å². The van der Waals surface area contributed by atoms with Crippen LogP contribution in [0.4, 0.5) is 5.69 Å². The first-order valence-electron chi connectivity index (χ1n) is 9.49. The number of guanidine groups is 1. The summed E-state index contributed by atoms with van der Waals surface area (Å²) in [4.78, 5) is 6.82. The molecule has 0 spiro atoms. The Hall–Kier alpha value is -1.18. The van der Waals surface area contributed by atoms with Gasteiger partial charge in [0.05, 0.1) is 12.8 Å². The van der Waals surface area contributed by atoms with Crippen LogP contribution in [0.15, 0.2) is 29.3 Å². The van der Waals surface area contributed by atoms with E-state index in [-0.39, 0.29) is 24.0 Å². The number of nitrogens with one attached hydrogen (secondary N) is 2. The van der Waals surface area contributed by atoms with Crippen LogP contribution < -0.4 is 20.3 Å². The van der Waals surface area contributed by atoms with Crippen LogP contribution in [0.5, 0.6) is 5.75 Å². The molecule has 6 heteroatoms. The second-order valence-corrected chi connectivity index (χ2v) is 7.69. The fourth-order valence-corrected chi connectivity index (χ4v) is 4.08. The molecule has 1 aromatic rings. The first-order valence-corrected chi connectivity index (χ1v) is 9.49. The molecule has 1 saturated carbocycles. The van der Waals surface area contributed by atoms with Gasteiger partial charge in [0.2, 0.25) is 0 Å². The van der Waals surface area contributed by atoms with Gasteiger partial charge in [0.1, 0.15) is 5.75 Å². The van der Waals surface area contributed by atoms with Gasteiger partial charge in [0, 0.05) is 32.7 Å². The lowest BCUT2D eigenvalue weighted by Gasteiger charge is -2.26. The summed E-state index contributed by atoms with van der Waals surface area (Å²) in [6, 6.07) is 8.66. The van der Waals surface area contributed by atoms with Crippen molar-refractivity contribution in [1.82, 2.24) is 10.6 Å². The Kier molecular flexibility index (Phi) is 7.85. The standard InChI is InChI=1S/C20H32N4O.HI/c1-20(11-6-7-12-20)15-22-19(21-2)23-16-10-13-24(14-16)17-8-4-5-9-18(17)25-3;/h4-5,8-9,16H,6-7,10-15H2,1-3H3,(H2,21,22,23);1H. The first kappa shape index (κ1) is 21.1. The summed E-state index contributed by atoms with van der Waals surface area (Å²) in [5.74, 6) is 1.87. The van der Waals surface area contributed by atoms with Crippen LogP contribution in [0.1, 0.15) is 39.0 Å². The maximum absolute atomic E-state index is 5.50. The summed E-state index contributed by atoms with van der Waals surface area (Å²) in [6.45, 7) is 5.40. The number of aliphatic imine (C=N–C) groups is 1. The normalized spacial score (nSPS) is 22.0. The maximum Gasteiger partial charge on any atom is 0.191 e. The molecule has 0 amide bonds. The second kappa shape index (κ2) is 9.67. The smallest absolute Gasteiger partial charge is 0.191 e. The topological polar surface area (TPSA) is 48.9 Å². The molecule has 2 aliphatic rings. The SMILES string of the molecule is CN=C(NCC1(C)CCCC1)NC1CCN(c2ccccc2OC)C1.I. The number of para-hydroxylation sites is 2. The summed E-state index contributed by atoms with van der Waals surface area (Å²) in [5, 5.41) is 7.15. The molecule has 3 rings (SSSR count). The molecule has 1 aliphatic heterocycles. The number of hydrogen-bond acceptors (Lipinski definition) is 3. The Morgan fingerprint density at radius 2 is 2.04 bits per heavy atom. The van der Waals surface area contributed by atoms with Gasteiger partial charge >= 0.3 is 0 Å². The summed E-state index contributed by atoms with van der Waals surface area (Å²) < 4.78 is 5.50. The van der Waals surface area contributed by atoms with Crippen LogP contribution in [0.25, 0.3) is 0 Å². The summed E-state index contributed by atoms with van der Waals surface area (Å²) in [6.07, 6.45) is 6.47. The van der Waals surface area contributed by atoms with Gasteiger partial charge in [-0.15, -0.1) is 24.0 Å². The average Bonchev–Trinajstić information content (AvgIpc) is 3.28. The van der Waals surface area contributed by atoms with Crippen molar-refractivity contribution in [3.63, 3.8) is 0 Å². The van der Waals surface area contributed by atoms with Crippen LogP contribution in [0, 0.1) is 5.41 Å². The zero-order valence-corrected chi connectivity index (χ0v) is 18.6. The zero-order chi connectivity index (χ0) is 17.7. The van der Waals surface area contributed by atoms with E-state index in [1.807, 2.05) is 19.2 Å². The van der Waals surface area contributed by atoms with Crippen molar-refractivity contribution >= 4 is 35.6 Å². The molecule has 1 aromatic carbocycles. The molecule has 1 aliphatic carbocycles. The van der Waals surface area contributed by atoms with Crippen molar-refractivity contribution in [2.24, 2.45) is 10.4 Å². The fraction of sp³-hybridized carbons (Fsp3) is 0.650. The highest BCUT2D eigenvalue weighted by atomic mass is 127. The highest BCUT2D eigenvalue weighted by Crippen LogP contribution is 2.36. The number of hydrogen-bond donors (Lipinski definition) is 2. The molecule has 0 radical (unpaired) electrons. The highest BCUT2D eigenvalue weighted by molar-refractivity contribution is 14.0. The molecule has 2 N–H and O–H groups in total. The van der Waals surface area contributed by atoms with Gasteiger partial charge in [0.15, 0.2) is 5.96 Å². The van der Waals surface area contributed by atoms with E-state index in [1.165, 1.54) is 31.4 Å². The number of halogens is 1. The van der Waals surface area contributed by atoms with E-state index in [0.717, 1.165) is 37.8 Å². The van der Waals surface area contributed by atoms with Crippen LogP contribution >= 0.6 is 24.0 Å². The first-order chi connectivity index (χ1) is 12.1. The average molecular weight is 472 g/mol. The minimum absolute atomic E-state index is 0. The monoisotopic (exact) mass is 472 g/mol. The minimum Gasteiger partial charge on any atom is -0.495 e. The van der Waals surface area contributed by atoms with Gasteiger partial charge in [0.25, 0.3) is 0 Å². The second-order valence-electron chi connectivity index (χ2n) is 7.69. The molecule has 5 nitrogen and oxygen atoms in total. The molecule has 0 aromatic heterocycles. The van der Waals surface area contributed by atoms with E-state index >= 15 is 0 Å². The minimum atomic E-state index is 0. The van der Waals surface area contributed by atoms with Crippen LogP contribution in [-0.4, -0.2) is 45.8 Å². The van der Waals surface area contributed by atoms with Crippen molar-refractivity contribution in [3.8, 4) is 5.75 Å². The summed E-state index contributed by atoms with van der Waals surface area (Å²) in [5.41, 5.74) is 1.60. The predicted octanol–water partition coefficient (Wildman–Crippen LogP) is 3.64. The molecule has 2 fully saturated rings. The molecular weight excluding hydrogens is 439 g/mol. The van der Waals surface area contributed by atoms with E-state index in [9.17, 15) is 0 Å². The lowest BCUT2D eigenvalue weighted by Crippen LogP contribution is -2.47. The molecular formula is C20H33IN4O. The zero-order valence-electron chi connectivity index (χ0n) is 16.3. The molecule has 1 unspecified atom stereocenters. The Labute approximate surface area is 175 Å². The van der Waals surface area contributed by atoms with Crippen molar-refractivity contribution in [1.29, 1.82) is 0 Å². The highest BCUT2D eigenvalue weighted by Gasteiger charge is 2.29. The van der Waals surface area contributed by atoms with Crippen LogP contribution in [0.3, 0.4) is 0 Å². The largest absolute Gasteiger partial charge is 0.495 e. The van der Waals surface area contributed by atoms with E-state index in [1.54, 1.807) is 7.11 Å². The third kappa shape index (κ3) is 5.18. The molecule has 1 atom stereocenters. The lowest BCUT2D eigenvalue weighted by molar-refractivity contribution is 0.333. The summed E-state index contributed by atoms with van der Waals surface area (Å²) >= 11 is 0. The van der Waals surface area contributed by atoms with Crippen LogP contribution in [-0.2, 0) is 0 Å². The Bertz CT molecular complexity index is 601.